The average molecular weight is 267 g/mol. The molecule has 0 bridgehead atoms. The van der Waals surface area contributed by atoms with Crippen LogP contribution >= 0.6 is 0 Å². The van der Waals surface area contributed by atoms with Crippen LogP contribution in [-0.2, 0) is 4.79 Å². The molecular formula is C12H17N3O4. The van der Waals surface area contributed by atoms with Crippen LogP contribution in [-0.4, -0.2) is 32.1 Å². The van der Waals surface area contributed by atoms with Gasteiger partial charge in [-0.25, -0.2) is 5.84 Å². The standard InChI is InChI=1S/C12H17N3O4/c1-7(11(16)15-13)14-12(17)9-5-4-8(18-2)6-10(9)19-3/h4-7H,13H2,1-3H3,(H,14,17)(H,15,16)/t7-/m0/s1. The molecular weight excluding hydrogens is 250 g/mol. The summed E-state index contributed by atoms with van der Waals surface area (Å²) in [5.41, 5.74) is 2.27. The lowest BCUT2D eigenvalue weighted by atomic mass is 10.1. The number of benzene rings is 1. The molecule has 0 fully saturated rings. The maximum Gasteiger partial charge on any atom is 0.256 e. The lowest BCUT2D eigenvalue weighted by molar-refractivity contribution is -0.122. The van der Waals surface area contributed by atoms with E-state index in [1.54, 1.807) is 18.2 Å². The number of hydrogen-bond donors (Lipinski definition) is 3. The van der Waals surface area contributed by atoms with Gasteiger partial charge in [-0.15, -0.1) is 0 Å². The van der Waals surface area contributed by atoms with Crippen LogP contribution in [0.5, 0.6) is 11.5 Å². The number of methoxy groups -OCH3 is 2. The van der Waals surface area contributed by atoms with Crippen molar-refractivity contribution >= 4 is 11.8 Å². The maximum atomic E-state index is 12.0. The molecule has 0 aliphatic rings. The lowest BCUT2D eigenvalue weighted by Crippen LogP contribution is -2.47. The summed E-state index contributed by atoms with van der Waals surface area (Å²) in [5, 5.41) is 2.51. The molecule has 0 saturated heterocycles. The number of carbonyl (C=O) groups is 2. The van der Waals surface area contributed by atoms with E-state index in [1.165, 1.54) is 21.1 Å². The van der Waals surface area contributed by atoms with E-state index < -0.39 is 17.9 Å². The van der Waals surface area contributed by atoms with Crippen LogP contribution in [0.2, 0.25) is 0 Å². The van der Waals surface area contributed by atoms with Crippen molar-refractivity contribution in [2.45, 2.75) is 13.0 Å². The van der Waals surface area contributed by atoms with Crippen molar-refractivity contribution in [2.75, 3.05) is 14.2 Å². The van der Waals surface area contributed by atoms with E-state index in [2.05, 4.69) is 5.32 Å². The molecule has 4 N–H and O–H groups in total. The molecule has 104 valence electrons. The van der Waals surface area contributed by atoms with Crippen LogP contribution < -0.4 is 26.1 Å². The van der Waals surface area contributed by atoms with Gasteiger partial charge in [0, 0.05) is 6.07 Å². The van der Waals surface area contributed by atoms with Crippen LogP contribution in [0.4, 0.5) is 0 Å². The zero-order valence-corrected chi connectivity index (χ0v) is 11.0. The van der Waals surface area contributed by atoms with E-state index in [1.807, 2.05) is 5.43 Å². The van der Waals surface area contributed by atoms with Crippen LogP contribution in [0.15, 0.2) is 18.2 Å². The van der Waals surface area contributed by atoms with Gasteiger partial charge < -0.3 is 14.8 Å². The van der Waals surface area contributed by atoms with Crippen LogP contribution in [0, 0.1) is 0 Å². The lowest BCUT2D eigenvalue weighted by Gasteiger charge is -2.14. The van der Waals surface area contributed by atoms with E-state index in [-0.39, 0.29) is 0 Å². The number of carbonyl (C=O) groups excluding carboxylic acids is 2. The van der Waals surface area contributed by atoms with Gasteiger partial charge in [-0.1, -0.05) is 0 Å². The van der Waals surface area contributed by atoms with Gasteiger partial charge in [-0.2, -0.15) is 0 Å². The summed E-state index contributed by atoms with van der Waals surface area (Å²) in [6.45, 7) is 1.52. The topological polar surface area (TPSA) is 103 Å². The molecule has 0 heterocycles. The van der Waals surface area contributed by atoms with Crippen molar-refractivity contribution < 1.29 is 19.1 Å². The van der Waals surface area contributed by atoms with Gasteiger partial charge in [0.25, 0.3) is 11.8 Å². The largest absolute Gasteiger partial charge is 0.497 e. The Balaban J connectivity index is 2.90. The van der Waals surface area contributed by atoms with E-state index in [9.17, 15) is 9.59 Å². The van der Waals surface area contributed by atoms with E-state index >= 15 is 0 Å². The fraction of sp³-hybridized carbons (Fsp3) is 0.333. The molecule has 0 unspecified atom stereocenters. The third-order valence-corrected chi connectivity index (χ3v) is 2.54. The number of hydrazine groups is 1. The third-order valence-electron chi connectivity index (χ3n) is 2.54. The molecule has 0 spiro atoms. The average Bonchev–Trinajstić information content (AvgIpc) is 2.45. The summed E-state index contributed by atoms with van der Waals surface area (Å²) in [7, 11) is 2.96. The second-order valence-corrected chi connectivity index (χ2v) is 3.77. The Morgan fingerprint density at radius 1 is 1.26 bits per heavy atom. The van der Waals surface area contributed by atoms with Gasteiger partial charge in [-0.3, -0.25) is 15.0 Å². The molecule has 19 heavy (non-hydrogen) atoms. The Bertz CT molecular complexity index is 476. The minimum absolute atomic E-state index is 0.306. The summed E-state index contributed by atoms with van der Waals surface area (Å²) in [6, 6.07) is 4.03. The Morgan fingerprint density at radius 3 is 2.47 bits per heavy atom. The molecule has 1 atom stereocenters. The molecule has 0 aliphatic heterocycles. The Hall–Kier alpha value is -2.28. The van der Waals surface area contributed by atoms with Crippen molar-refractivity contribution in [2.24, 2.45) is 5.84 Å². The zero-order valence-electron chi connectivity index (χ0n) is 11.0. The fourth-order valence-corrected chi connectivity index (χ4v) is 1.45. The van der Waals surface area contributed by atoms with E-state index in [0.717, 1.165) is 0 Å². The Morgan fingerprint density at radius 2 is 1.95 bits per heavy atom. The molecule has 7 heteroatoms. The summed E-state index contributed by atoms with van der Waals surface area (Å²) in [5.74, 6) is 5.00. The van der Waals surface area contributed by atoms with Crippen molar-refractivity contribution in [3.63, 3.8) is 0 Å². The first-order valence-corrected chi connectivity index (χ1v) is 5.56. The molecule has 2 amide bonds. The quantitative estimate of drug-likeness (QED) is 0.390. The zero-order chi connectivity index (χ0) is 14.4. The van der Waals surface area contributed by atoms with E-state index in [4.69, 9.17) is 15.3 Å². The third kappa shape index (κ3) is 3.59. The molecule has 0 radical (unpaired) electrons. The molecule has 1 aromatic rings. The first-order chi connectivity index (χ1) is 9.03. The smallest absolute Gasteiger partial charge is 0.256 e. The van der Waals surface area contributed by atoms with Gasteiger partial charge in [0.1, 0.15) is 17.5 Å². The monoisotopic (exact) mass is 267 g/mol. The summed E-state index contributed by atoms with van der Waals surface area (Å²) < 4.78 is 10.1. The van der Waals surface area contributed by atoms with Crippen molar-refractivity contribution in [1.29, 1.82) is 0 Å². The number of nitrogens with one attached hydrogen (secondary N) is 2. The second kappa shape index (κ2) is 6.60. The van der Waals surface area contributed by atoms with Crippen molar-refractivity contribution in [3.8, 4) is 11.5 Å². The number of hydrogen-bond acceptors (Lipinski definition) is 5. The van der Waals surface area contributed by atoms with Gasteiger partial charge in [0.2, 0.25) is 0 Å². The van der Waals surface area contributed by atoms with Crippen LogP contribution in [0.1, 0.15) is 17.3 Å². The SMILES string of the molecule is COc1ccc(C(=O)N[C@@H](C)C(=O)NN)c(OC)c1. The van der Waals surface area contributed by atoms with Crippen molar-refractivity contribution in [1.82, 2.24) is 10.7 Å². The molecule has 0 saturated carbocycles. The normalized spacial score (nSPS) is 11.4. The molecule has 7 nitrogen and oxygen atoms in total. The van der Waals surface area contributed by atoms with Crippen molar-refractivity contribution in [3.05, 3.63) is 23.8 Å². The Kier molecular flexibility index (Phi) is 5.13. The highest BCUT2D eigenvalue weighted by molar-refractivity contribution is 5.99. The predicted octanol–water partition coefficient (Wildman–Crippen LogP) is -0.188. The van der Waals surface area contributed by atoms with Gasteiger partial charge in [0.05, 0.1) is 19.8 Å². The van der Waals surface area contributed by atoms with Crippen LogP contribution in [0.3, 0.4) is 0 Å². The highest BCUT2D eigenvalue weighted by Crippen LogP contribution is 2.24. The number of amides is 2. The first kappa shape index (κ1) is 14.8. The van der Waals surface area contributed by atoms with Gasteiger partial charge in [0.15, 0.2) is 0 Å². The minimum atomic E-state index is -0.746. The number of rotatable bonds is 5. The first-order valence-electron chi connectivity index (χ1n) is 5.56. The fourth-order valence-electron chi connectivity index (χ4n) is 1.45. The second-order valence-electron chi connectivity index (χ2n) is 3.77. The summed E-state index contributed by atoms with van der Waals surface area (Å²) >= 11 is 0. The summed E-state index contributed by atoms with van der Waals surface area (Å²) in [6.07, 6.45) is 0. The highest BCUT2D eigenvalue weighted by atomic mass is 16.5. The van der Waals surface area contributed by atoms with Gasteiger partial charge >= 0.3 is 0 Å². The Labute approximate surface area is 111 Å². The minimum Gasteiger partial charge on any atom is -0.497 e. The van der Waals surface area contributed by atoms with E-state index in [0.29, 0.717) is 17.1 Å². The molecule has 0 aromatic heterocycles. The van der Waals surface area contributed by atoms with Crippen LogP contribution in [0.25, 0.3) is 0 Å². The molecule has 1 aromatic carbocycles. The predicted molar refractivity (Wildman–Crippen MR) is 68.8 cm³/mol. The highest BCUT2D eigenvalue weighted by Gasteiger charge is 2.18. The molecule has 0 aliphatic carbocycles. The number of ether oxygens (including phenoxy) is 2. The summed E-state index contributed by atoms with van der Waals surface area (Å²) in [4.78, 5) is 23.2. The van der Waals surface area contributed by atoms with Gasteiger partial charge in [-0.05, 0) is 19.1 Å². The maximum absolute atomic E-state index is 12.0. The number of nitrogens with two attached hydrogens (primary N) is 1. The molecule has 1 rings (SSSR count).